The molecule has 0 amide bonds. The minimum Gasteiger partial charge on any atom is -0.462 e. The molecule has 0 fully saturated rings. The number of hydrogen-bond acceptors (Lipinski definition) is 6. The third-order valence-corrected chi connectivity index (χ3v) is 2.82. The average Bonchev–Trinajstić information content (AvgIpc) is 2.75. The number of hydrogen-bond donors (Lipinski definition) is 0. The van der Waals surface area contributed by atoms with E-state index >= 15 is 0 Å². The Morgan fingerprint density at radius 1 is 1.33 bits per heavy atom. The fraction of sp³-hybridized carbons (Fsp3) is 0.429. The number of aryl methyl sites for hydroxylation is 2. The van der Waals surface area contributed by atoms with Gasteiger partial charge in [-0.1, -0.05) is 0 Å². The number of carbonyl (C=O) groups excluding carboxylic acids is 1. The second-order valence-electron chi connectivity index (χ2n) is 4.83. The Hall–Kier alpha value is -2.44. The van der Waals surface area contributed by atoms with Gasteiger partial charge in [-0.05, 0) is 26.8 Å². The summed E-state index contributed by atoms with van der Waals surface area (Å²) in [5, 5.41) is 4.30. The van der Waals surface area contributed by atoms with Gasteiger partial charge >= 0.3 is 5.97 Å². The van der Waals surface area contributed by atoms with Crippen LogP contribution in [0, 0.1) is 13.8 Å². The lowest BCUT2D eigenvalue weighted by molar-refractivity contribution is 0.0524. The van der Waals surface area contributed by atoms with Gasteiger partial charge in [0, 0.05) is 20.3 Å². The number of ether oxygens (including phenoxy) is 1. The van der Waals surface area contributed by atoms with Crippen molar-refractivity contribution in [3.8, 4) is 0 Å². The van der Waals surface area contributed by atoms with Crippen LogP contribution >= 0.6 is 0 Å². The lowest BCUT2D eigenvalue weighted by atomic mass is 10.1. The number of fused-ring (bicyclic) bond motifs is 1. The third kappa shape index (κ3) is 3.01. The maximum atomic E-state index is 12.2. The minimum atomic E-state index is -0.407. The van der Waals surface area contributed by atoms with E-state index in [1.54, 1.807) is 25.3 Å². The molecule has 0 spiro atoms. The van der Waals surface area contributed by atoms with Crippen molar-refractivity contribution < 1.29 is 9.53 Å². The zero-order valence-electron chi connectivity index (χ0n) is 12.9. The largest absolute Gasteiger partial charge is 0.462 e. The molecule has 2 heterocycles. The second-order valence-corrected chi connectivity index (χ2v) is 4.83. The zero-order chi connectivity index (χ0) is 15.6. The van der Waals surface area contributed by atoms with Crippen molar-refractivity contribution in [3.05, 3.63) is 29.0 Å². The van der Waals surface area contributed by atoms with Gasteiger partial charge in [-0.15, -0.1) is 5.10 Å². The van der Waals surface area contributed by atoms with Gasteiger partial charge < -0.3 is 9.64 Å². The Morgan fingerprint density at radius 2 is 2.05 bits per heavy atom. The van der Waals surface area contributed by atoms with Crippen LogP contribution in [-0.4, -0.2) is 51.2 Å². The first kappa shape index (κ1) is 15.0. The van der Waals surface area contributed by atoms with E-state index in [0.29, 0.717) is 35.2 Å². The van der Waals surface area contributed by atoms with E-state index in [9.17, 15) is 4.79 Å². The van der Waals surface area contributed by atoms with Crippen LogP contribution in [0.2, 0.25) is 0 Å². The molecule has 21 heavy (non-hydrogen) atoms. The van der Waals surface area contributed by atoms with E-state index < -0.39 is 5.97 Å². The van der Waals surface area contributed by atoms with Crippen LogP contribution in [0.1, 0.15) is 34.5 Å². The fourth-order valence-corrected chi connectivity index (χ4v) is 1.96. The monoisotopic (exact) mass is 289 g/mol. The first-order valence-corrected chi connectivity index (χ1v) is 6.69. The van der Waals surface area contributed by atoms with Crippen molar-refractivity contribution in [1.29, 1.82) is 0 Å². The van der Waals surface area contributed by atoms with Crippen molar-refractivity contribution >= 4 is 17.8 Å². The highest BCUT2D eigenvalue weighted by molar-refractivity contribution is 5.94. The van der Waals surface area contributed by atoms with Crippen LogP contribution in [0.25, 0.3) is 11.9 Å². The number of carbonyl (C=O) groups is 1. The van der Waals surface area contributed by atoms with Crippen LogP contribution < -0.4 is 0 Å². The van der Waals surface area contributed by atoms with Gasteiger partial charge in [0.05, 0.1) is 18.0 Å². The Kier molecular flexibility index (Phi) is 4.21. The maximum absolute atomic E-state index is 12.2. The van der Waals surface area contributed by atoms with Gasteiger partial charge in [-0.2, -0.15) is 9.50 Å². The smallest absolute Gasteiger partial charge is 0.342 e. The van der Waals surface area contributed by atoms with E-state index in [0.717, 1.165) is 0 Å². The fourth-order valence-electron chi connectivity index (χ4n) is 1.96. The lowest BCUT2D eigenvalue weighted by Crippen LogP contribution is -2.14. The highest BCUT2D eigenvalue weighted by Gasteiger charge is 2.20. The standard InChI is InChI=1S/C14H19N5O2/c1-6-21-13(20)12-9(2)15-14-16-10(3)17-19(14)11(12)7-8-18(4)5/h7-8H,6H2,1-5H3/b8-7+. The highest BCUT2D eigenvalue weighted by atomic mass is 16.5. The molecule has 0 bridgehead atoms. The molecule has 2 rings (SSSR count). The first-order valence-electron chi connectivity index (χ1n) is 6.69. The highest BCUT2D eigenvalue weighted by Crippen LogP contribution is 2.17. The second kappa shape index (κ2) is 5.90. The Balaban J connectivity index is 2.71. The lowest BCUT2D eigenvalue weighted by Gasteiger charge is -2.11. The molecule has 0 aliphatic rings. The summed E-state index contributed by atoms with van der Waals surface area (Å²) in [6, 6.07) is 0. The summed E-state index contributed by atoms with van der Waals surface area (Å²) >= 11 is 0. The van der Waals surface area contributed by atoms with Crippen molar-refractivity contribution in [2.45, 2.75) is 20.8 Å². The van der Waals surface area contributed by atoms with Crippen molar-refractivity contribution in [2.75, 3.05) is 20.7 Å². The topological polar surface area (TPSA) is 72.6 Å². The first-order chi connectivity index (χ1) is 9.93. The Labute approximate surface area is 123 Å². The number of esters is 1. The summed E-state index contributed by atoms with van der Waals surface area (Å²) in [5.41, 5.74) is 1.60. The van der Waals surface area contributed by atoms with Crippen molar-refractivity contribution in [3.63, 3.8) is 0 Å². The molecule has 0 aliphatic carbocycles. The SMILES string of the molecule is CCOC(=O)c1c(C)nc2nc(C)nn2c1/C=C/N(C)C. The normalized spacial score (nSPS) is 11.3. The Bertz CT molecular complexity index is 703. The molecule has 2 aromatic heterocycles. The molecular weight excluding hydrogens is 270 g/mol. The van der Waals surface area contributed by atoms with Gasteiger partial charge in [0.15, 0.2) is 0 Å². The maximum Gasteiger partial charge on any atom is 0.342 e. The van der Waals surface area contributed by atoms with Gasteiger partial charge in [-0.3, -0.25) is 0 Å². The summed E-state index contributed by atoms with van der Waals surface area (Å²) in [5.74, 6) is 0.662. The van der Waals surface area contributed by atoms with Crippen LogP contribution in [0.5, 0.6) is 0 Å². The molecule has 0 aromatic carbocycles. The van der Waals surface area contributed by atoms with Crippen LogP contribution in [0.4, 0.5) is 0 Å². The van der Waals surface area contributed by atoms with E-state index in [2.05, 4.69) is 15.1 Å². The number of rotatable bonds is 4. The molecule has 0 radical (unpaired) electrons. The number of nitrogens with zero attached hydrogens (tertiary/aromatic N) is 5. The molecule has 0 saturated carbocycles. The zero-order valence-corrected chi connectivity index (χ0v) is 12.9. The van der Waals surface area contributed by atoms with E-state index in [1.807, 2.05) is 31.3 Å². The van der Waals surface area contributed by atoms with Gasteiger partial charge in [0.2, 0.25) is 0 Å². The molecule has 7 heteroatoms. The summed E-state index contributed by atoms with van der Waals surface area (Å²) in [6.45, 7) is 5.63. The average molecular weight is 289 g/mol. The summed E-state index contributed by atoms with van der Waals surface area (Å²) in [4.78, 5) is 22.7. The van der Waals surface area contributed by atoms with Crippen LogP contribution in [0.15, 0.2) is 6.20 Å². The van der Waals surface area contributed by atoms with Gasteiger partial charge in [-0.25, -0.2) is 9.78 Å². The van der Waals surface area contributed by atoms with Crippen LogP contribution in [0.3, 0.4) is 0 Å². The molecule has 0 saturated heterocycles. The molecule has 0 aliphatic heterocycles. The molecule has 0 unspecified atom stereocenters. The quantitative estimate of drug-likeness (QED) is 0.793. The summed E-state index contributed by atoms with van der Waals surface area (Å²) in [6.07, 6.45) is 3.65. The molecule has 7 nitrogen and oxygen atoms in total. The molecule has 112 valence electrons. The van der Waals surface area contributed by atoms with E-state index in [-0.39, 0.29) is 0 Å². The van der Waals surface area contributed by atoms with Crippen LogP contribution in [-0.2, 0) is 4.74 Å². The van der Waals surface area contributed by atoms with Crippen molar-refractivity contribution in [2.24, 2.45) is 0 Å². The molecule has 2 aromatic rings. The minimum absolute atomic E-state index is 0.309. The molecular formula is C14H19N5O2. The summed E-state index contributed by atoms with van der Waals surface area (Å²) < 4.78 is 6.69. The Morgan fingerprint density at radius 3 is 2.67 bits per heavy atom. The molecule has 0 atom stereocenters. The predicted octanol–water partition coefficient (Wildman–Crippen LogP) is 1.45. The molecule has 0 N–H and O–H groups in total. The predicted molar refractivity (Wildman–Crippen MR) is 78.9 cm³/mol. The van der Waals surface area contributed by atoms with E-state index in [4.69, 9.17) is 4.74 Å². The van der Waals surface area contributed by atoms with E-state index in [1.165, 1.54) is 0 Å². The van der Waals surface area contributed by atoms with Gasteiger partial charge in [0.1, 0.15) is 11.4 Å². The third-order valence-electron chi connectivity index (χ3n) is 2.82. The number of aromatic nitrogens is 4. The van der Waals surface area contributed by atoms with Gasteiger partial charge in [0.25, 0.3) is 5.78 Å². The van der Waals surface area contributed by atoms with Crippen molar-refractivity contribution in [1.82, 2.24) is 24.5 Å². The summed E-state index contributed by atoms with van der Waals surface area (Å²) in [7, 11) is 3.80.